The molecule has 4 rings (SSSR count). The summed E-state index contributed by atoms with van der Waals surface area (Å²) in [5.41, 5.74) is 1.96. The predicted molar refractivity (Wildman–Crippen MR) is 152 cm³/mol. The summed E-state index contributed by atoms with van der Waals surface area (Å²) in [6.07, 6.45) is 5.09. The zero-order valence-electron chi connectivity index (χ0n) is 27.4. The molecule has 40 heavy (non-hydrogen) atoms. The molecule has 2 N–H and O–H groups in total. The number of ether oxygens (including phenoxy) is 2. The Balaban J connectivity index is 1.61. The van der Waals surface area contributed by atoms with Crippen LogP contribution in [0.25, 0.3) is 10.9 Å². The number of benzene rings is 2. The normalized spacial score (nSPS) is 13.8. The quantitative estimate of drug-likeness (QED) is 0.240. The summed E-state index contributed by atoms with van der Waals surface area (Å²) in [5.74, 6) is -1.08. The Labute approximate surface area is 240 Å². The van der Waals surface area contributed by atoms with Gasteiger partial charge >= 0.3 is 0 Å². The number of carbonyl (C=O) groups is 1. The van der Waals surface area contributed by atoms with Crippen LogP contribution >= 0.6 is 0 Å². The van der Waals surface area contributed by atoms with Crippen molar-refractivity contribution in [3.63, 3.8) is 0 Å². The van der Waals surface area contributed by atoms with Crippen molar-refractivity contribution in [1.82, 2.24) is 14.9 Å². The lowest BCUT2D eigenvalue weighted by Crippen LogP contribution is -2.13. The van der Waals surface area contributed by atoms with Gasteiger partial charge in [-0.25, -0.2) is 4.39 Å². The molecule has 0 spiro atoms. The molecule has 2 aromatic heterocycles. The predicted octanol–water partition coefficient (Wildman–Crippen LogP) is 5.42. The molecule has 0 fully saturated rings. The van der Waals surface area contributed by atoms with Crippen LogP contribution in [-0.4, -0.2) is 47.9 Å². The first-order valence-electron chi connectivity index (χ1n) is 15.1. The molecular weight excluding hydrogens is 511 g/mol. The van der Waals surface area contributed by atoms with E-state index in [-0.39, 0.29) is 41.7 Å². The molecule has 0 unspecified atom stereocenters. The lowest BCUT2D eigenvalue weighted by Gasteiger charge is -2.16. The largest absolute Gasteiger partial charge is 0.492 e. The summed E-state index contributed by atoms with van der Waals surface area (Å²) < 4.78 is 70.9. The Kier molecular flexibility index (Phi) is 6.88. The molecule has 2 heterocycles. The first kappa shape index (κ1) is 20.9. The Morgan fingerprint density at radius 1 is 1.18 bits per heavy atom. The van der Waals surface area contributed by atoms with Crippen LogP contribution in [0.3, 0.4) is 0 Å². The van der Waals surface area contributed by atoms with Crippen molar-refractivity contribution in [3.05, 3.63) is 90.2 Å². The number of aromatic nitrogens is 2. The summed E-state index contributed by atoms with van der Waals surface area (Å²) >= 11 is 0. The number of hydrogen-bond donors (Lipinski definition) is 2. The second kappa shape index (κ2) is 13.2. The smallest absolute Gasteiger partial charge is 0.248 e. The van der Waals surface area contributed by atoms with Gasteiger partial charge in [-0.05, 0) is 51.2 Å². The lowest BCUT2D eigenvalue weighted by molar-refractivity contribution is -0.111. The summed E-state index contributed by atoms with van der Waals surface area (Å²) in [7, 11) is 0. The first-order valence-corrected chi connectivity index (χ1v) is 12.1. The van der Waals surface area contributed by atoms with Gasteiger partial charge in [-0.1, -0.05) is 12.1 Å². The van der Waals surface area contributed by atoms with E-state index in [2.05, 4.69) is 26.7 Å². The molecule has 1 amide bonds. The highest BCUT2D eigenvalue weighted by molar-refractivity contribution is 6.04. The minimum Gasteiger partial charge on any atom is -0.492 e. The van der Waals surface area contributed by atoms with Crippen LogP contribution in [0, 0.1) is 17.1 Å². The molecule has 10 heteroatoms. The highest BCUT2D eigenvalue weighted by Crippen LogP contribution is 2.36. The lowest BCUT2D eigenvalue weighted by atomic mass is 10.1. The Bertz CT molecular complexity index is 1760. The van der Waals surface area contributed by atoms with E-state index in [9.17, 15) is 14.4 Å². The van der Waals surface area contributed by atoms with Crippen molar-refractivity contribution in [2.45, 2.75) is 13.5 Å². The van der Waals surface area contributed by atoms with Gasteiger partial charge in [0.2, 0.25) is 5.91 Å². The number of nitrogens with one attached hydrogen (secondary N) is 2. The molecule has 0 saturated heterocycles. The van der Waals surface area contributed by atoms with E-state index in [1.807, 2.05) is 0 Å². The van der Waals surface area contributed by atoms with Gasteiger partial charge in [-0.15, -0.1) is 0 Å². The van der Waals surface area contributed by atoms with E-state index in [1.54, 1.807) is 43.5 Å². The van der Waals surface area contributed by atoms with E-state index in [1.165, 1.54) is 24.4 Å². The van der Waals surface area contributed by atoms with Crippen molar-refractivity contribution >= 4 is 33.9 Å². The van der Waals surface area contributed by atoms with Crippen LogP contribution in [0.4, 0.5) is 21.5 Å². The second-order valence-electron chi connectivity index (χ2n) is 8.34. The summed E-state index contributed by atoms with van der Waals surface area (Å²) in [4.78, 5) is 21.6. The average molecular weight is 547 g/mol. The molecule has 0 bridgehead atoms. The fourth-order valence-corrected chi connectivity index (χ4v) is 3.73. The maximum Gasteiger partial charge on any atom is 0.248 e. The van der Waals surface area contributed by atoms with Crippen molar-refractivity contribution in [2.24, 2.45) is 0 Å². The third-order valence-corrected chi connectivity index (χ3v) is 5.51. The topological polar surface area (TPSA) is 112 Å². The number of carbonyl (C=O) groups excluding carboxylic acids is 1. The van der Waals surface area contributed by atoms with E-state index in [0.717, 1.165) is 12.2 Å². The third kappa shape index (κ3) is 7.09. The number of pyridine rings is 2. The number of fused-ring (bicyclic) bond motifs is 1. The monoisotopic (exact) mass is 546 g/mol. The SMILES string of the molecule is [2H]C([2H])([2H])N(C/C=C/C(=O)Nc1cc2c(Nc3ccc(OCc4ccccn4)c(F)c3)c(C#N)cnc2cc1OCC)C([2H])([2H])[2H]. The number of nitrogens with zero attached hydrogens (tertiary/aromatic N) is 4. The fourth-order valence-electron chi connectivity index (χ4n) is 3.73. The summed E-state index contributed by atoms with van der Waals surface area (Å²) in [6, 6.07) is 14.7. The standard InChI is InChI=1S/C30H29FN6O3/c1-4-39-28-16-25-23(15-26(28)36-29(38)9-7-13-37(2)3)30(20(17-32)18-34-25)35-21-10-11-27(24(31)14-21)40-19-22-8-5-6-12-33-22/h5-12,14-16,18H,4,13,19H2,1-3H3,(H,34,35)(H,36,38)/b9-7+/i2D3,3D3. The fraction of sp³-hybridized carbons (Fsp3) is 0.200. The van der Waals surface area contributed by atoms with Gasteiger partial charge in [-0.3, -0.25) is 14.8 Å². The molecular formula is C30H29FN6O3. The van der Waals surface area contributed by atoms with Crippen LogP contribution in [0.1, 0.15) is 26.4 Å². The highest BCUT2D eigenvalue weighted by Gasteiger charge is 2.16. The molecule has 0 aliphatic carbocycles. The van der Waals surface area contributed by atoms with Gasteiger partial charge in [0.1, 0.15) is 18.4 Å². The van der Waals surface area contributed by atoms with Gasteiger partial charge < -0.3 is 25.0 Å². The molecule has 9 nitrogen and oxygen atoms in total. The number of amides is 1. The van der Waals surface area contributed by atoms with Gasteiger partial charge in [0.05, 0.1) is 34.8 Å². The maximum absolute atomic E-state index is 15.0. The number of hydrogen-bond acceptors (Lipinski definition) is 8. The highest BCUT2D eigenvalue weighted by atomic mass is 19.1. The van der Waals surface area contributed by atoms with Gasteiger partial charge in [0, 0.05) is 56.4 Å². The molecule has 2 aromatic carbocycles. The number of halogens is 1. The molecule has 0 radical (unpaired) electrons. The minimum atomic E-state index is -2.91. The number of anilines is 3. The minimum absolute atomic E-state index is 0.0107. The number of rotatable bonds is 11. The third-order valence-electron chi connectivity index (χ3n) is 5.51. The Hall–Kier alpha value is -5.01. The van der Waals surface area contributed by atoms with Gasteiger partial charge in [0.25, 0.3) is 0 Å². The van der Waals surface area contributed by atoms with Crippen LogP contribution in [0.15, 0.2) is 73.1 Å². The number of likely N-dealkylation sites (N-methyl/N-ethyl adjacent to an activating group) is 1. The van der Waals surface area contributed by atoms with E-state index >= 15 is 0 Å². The van der Waals surface area contributed by atoms with E-state index in [0.29, 0.717) is 27.2 Å². The van der Waals surface area contributed by atoms with Gasteiger partial charge in [-0.2, -0.15) is 5.26 Å². The second-order valence-corrected chi connectivity index (χ2v) is 8.34. The zero-order valence-corrected chi connectivity index (χ0v) is 21.4. The zero-order chi connectivity index (χ0) is 33.5. The van der Waals surface area contributed by atoms with Crippen LogP contribution in [-0.2, 0) is 11.4 Å². The summed E-state index contributed by atoms with van der Waals surface area (Å²) in [5, 5.41) is 15.9. The van der Waals surface area contributed by atoms with Gasteiger partial charge in [0.15, 0.2) is 11.6 Å². The van der Waals surface area contributed by atoms with Crippen molar-refractivity contribution < 1.29 is 26.9 Å². The number of nitriles is 1. The van der Waals surface area contributed by atoms with Crippen molar-refractivity contribution in [3.8, 4) is 17.6 Å². The molecule has 204 valence electrons. The molecule has 0 saturated carbocycles. The van der Waals surface area contributed by atoms with Crippen molar-refractivity contribution in [2.75, 3.05) is 37.7 Å². The van der Waals surface area contributed by atoms with E-state index in [4.69, 9.17) is 17.7 Å². The summed E-state index contributed by atoms with van der Waals surface area (Å²) in [6.45, 7) is -4.30. The Morgan fingerprint density at radius 3 is 2.77 bits per heavy atom. The van der Waals surface area contributed by atoms with Crippen LogP contribution in [0.2, 0.25) is 0 Å². The maximum atomic E-state index is 15.0. The van der Waals surface area contributed by atoms with Crippen molar-refractivity contribution in [1.29, 1.82) is 5.26 Å². The van der Waals surface area contributed by atoms with Crippen LogP contribution < -0.4 is 20.1 Å². The molecule has 4 aromatic rings. The molecule has 0 atom stereocenters. The van der Waals surface area contributed by atoms with Crippen LogP contribution in [0.5, 0.6) is 11.5 Å². The Morgan fingerprint density at radius 2 is 2.05 bits per heavy atom. The average Bonchev–Trinajstić information content (AvgIpc) is 2.99. The molecule has 0 aliphatic heterocycles. The molecule has 0 aliphatic rings. The van der Waals surface area contributed by atoms with E-state index < -0.39 is 32.2 Å². The first-order chi connectivity index (χ1) is 21.8.